The topological polar surface area (TPSA) is 121 Å². The van der Waals surface area contributed by atoms with Gasteiger partial charge >= 0.3 is 18.1 Å². The molecule has 1 N–H and O–H groups in total. The zero-order chi connectivity index (χ0) is 23.6. The summed E-state index contributed by atoms with van der Waals surface area (Å²) in [4.78, 5) is 18.1. The summed E-state index contributed by atoms with van der Waals surface area (Å²) in [5.74, 6) is -0.849. The third kappa shape index (κ3) is 5.39. The average molecular weight is 482 g/mol. The Morgan fingerprint density at radius 2 is 2.12 bits per heavy atom. The number of nitrogens with zero attached hydrogens (tertiary/aromatic N) is 5. The largest absolute Gasteiger partial charge is 0.739 e. The van der Waals surface area contributed by atoms with Crippen molar-refractivity contribution in [2.24, 2.45) is 0 Å². The number of fused-ring (bicyclic) bond motifs is 1. The highest BCUT2D eigenvalue weighted by Gasteiger charge is 2.32. The molecular formula is C19H17F3N6O4S. The van der Waals surface area contributed by atoms with Gasteiger partial charge in [-0.3, -0.25) is 15.1 Å². The van der Waals surface area contributed by atoms with Gasteiger partial charge in [-0.25, -0.2) is 4.73 Å². The lowest BCUT2D eigenvalue weighted by atomic mass is 10.2. The first kappa shape index (κ1) is 22.5. The number of benzene rings is 1. The van der Waals surface area contributed by atoms with Gasteiger partial charge in [0, 0.05) is 41.8 Å². The minimum atomic E-state index is -4.35. The summed E-state index contributed by atoms with van der Waals surface area (Å²) in [6.45, 7) is -1.09. The number of halogens is 3. The Morgan fingerprint density at radius 3 is 2.85 bits per heavy atom. The summed E-state index contributed by atoms with van der Waals surface area (Å²) in [6, 6.07) is 4.71. The van der Waals surface area contributed by atoms with E-state index in [0.29, 0.717) is 9.58 Å². The Morgan fingerprint density at radius 1 is 1.30 bits per heavy atom. The van der Waals surface area contributed by atoms with Gasteiger partial charge in [-0.1, -0.05) is 0 Å². The van der Waals surface area contributed by atoms with Crippen LogP contribution in [0.25, 0.3) is 21.5 Å². The maximum Gasteiger partial charge on any atom is 0.460 e. The minimum absolute atomic E-state index is 0.0671. The molecule has 0 spiro atoms. The number of esters is 1. The average Bonchev–Trinajstić information content (AvgIpc) is 3.42. The highest BCUT2D eigenvalue weighted by Crippen LogP contribution is 2.25. The second-order valence-corrected chi connectivity index (χ2v) is 8.03. The third-order valence-electron chi connectivity index (χ3n) is 4.71. The van der Waals surface area contributed by atoms with E-state index in [2.05, 4.69) is 15.4 Å². The van der Waals surface area contributed by atoms with E-state index in [1.54, 1.807) is 17.8 Å². The Bertz CT molecular complexity index is 1200. The summed E-state index contributed by atoms with van der Waals surface area (Å²) in [7, 11) is 0. The van der Waals surface area contributed by atoms with Gasteiger partial charge in [-0.05, 0) is 12.1 Å². The maximum atomic E-state index is 12.6. The van der Waals surface area contributed by atoms with Crippen molar-refractivity contribution in [3.63, 3.8) is 0 Å². The number of thiazole rings is 1. The van der Waals surface area contributed by atoms with Crippen molar-refractivity contribution in [3.05, 3.63) is 52.3 Å². The van der Waals surface area contributed by atoms with Gasteiger partial charge in [0.05, 0.1) is 23.4 Å². The van der Waals surface area contributed by atoms with E-state index in [0.717, 1.165) is 21.5 Å². The molecule has 10 nitrogen and oxygen atoms in total. The van der Waals surface area contributed by atoms with Crippen LogP contribution in [0.5, 0.6) is 0 Å². The number of hydrogen-bond acceptors (Lipinski definition) is 9. The standard InChI is InChI=1S/C19H17F3N6O4S/c20-19(21,22)10-26-6-4-13(9-26)32-17(29)3-5-24-18-25-28(31)15-7-12(16-8-23-11-33-16)1-2-14(15)27(18)30/h1-2,7-9,11H,3-6,10H2,(H,24,25). The first-order valence-electron chi connectivity index (χ1n) is 9.72. The van der Waals surface area contributed by atoms with Crippen LogP contribution in [0.1, 0.15) is 12.8 Å². The molecule has 0 saturated heterocycles. The van der Waals surface area contributed by atoms with Crippen molar-refractivity contribution >= 4 is 34.3 Å². The first-order valence-corrected chi connectivity index (χ1v) is 10.6. The quantitative estimate of drug-likeness (QED) is 0.309. The molecule has 4 rings (SSSR count). The van der Waals surface area contributed by atoms with Crippen LogP contribution in [0.2, 0.25) is 0 Å². The number of hydrogen-bond donors (Lipinski definition) is 1. The van der Waals surface area contributed by atoms with Crippen molar-refractivity contribution in [3.8, 4) is 10.4 Å². The summed E-state index contributed by atoms with van der Waals surface area (Å²) in [5.41, 5.74) is 2.52. The predicted molar refractivity (Wildman–Crippen MR) is 110 cm³/mol. The fourth-order valence-corrected chi connectivity index (χ4v) is 3.87. The summed E-state index contributed by atoms with van der Waals surface area (Å²) in [6.07, 6.45) is -1.55. The molecule has 0 bridgehead atoms. The number of carbonyl (C=O) groups is 1. The molecular weight excluding hydrogens is 465 g/mol. The van der Waals surface area contributed by atoms with Crippen molar-refractivity contribution in [2.75, 3.05) is 25.0 Å². The van der Waals surface area contributed by atoms with E-state index in [4.69, 9.17) is 4.74 Å². The summed E-state index contributed by atoms with van der Waals surface area (Å²) >= 11 is 1.38. The van der Waals surface area contributed by atoms with Crippen LogP contribution in [-0.4, -0.2) is 46.8 Å². The summed E-state index contributed by atoms with van der Waals surface area (Å²) in [5, 5.41) is 31.2. The Balaban J connectivity index is 1.36. The molecule has 1 aromatic carbocycles. The Hall–Kier alpha value is -3.68. The van der Waals surface area contributed by atoms with Crippen molar-refractivity contribution in [1.82, 2.24) is 15.0 Å². The van der Waals surface area contributed by atoms with Crippen LogP contribution < -0.4 is 14.9 Å². The molecule has 0 radical (unpaired) electrons. The van der Waals surface area contributed by atoms with Crippen LogP contribution in [-0.2, 0) is 9.53 Å². The van der Waals surface area contributed by atoms with E-state index < -0.39 is 18.7 Å². The van der Waals surface area contributed by atoms with Crippen LogP contribution in [0, 0.1) is 10.4 Å². The van der Waals surface area contributed by atoms with Gasteiger partial charge in [-0.15, -0.1) is 11.3 Å². The maximum absolute atomic E-state index is 12.6. The number of rotatable bonds is 7. The number of nitrogens with one attached hydrogen (secondary N) is 1. The van der Waals surface area contributed by atoms with Crippen LogP contribution in [0.15, 0.2) is 41.9 Å². The molecule has 0 unspecified atom stereocenters. The number of carbonyl (C=O) groups excluding carboxylic acids is 1. The number of aromatic nitrogens is 4. The van der Waals surface area contributed by atoms with Crippen LogP contribution >= 0.6 is 11.3 Å². The summed E-state index contributed by atoms with van der Waals surface area (Å²) < 4.78 is 42.8. The van der Waals surface area contributed by atoms with Gasteiger partial charge in [0.15, 0.2) is 5.52 Å². The molecule has 0 fully saturated rings. The second-order valence-electron chi connectivity index (χ2n) is 7.14. The smallest absolute Gasteiger partial charge is 0.460 e. The van der Waals surface area contributed by atoms with E-state index in [9.17, 15) is 28.4 Å². The van der Waals surface area contributed by atoms with Gasteiger partial charge < -0.3 is 20.1 Å². The van der Waals surface area contributed by atoms with E-state index in [1.165, 1.54) is 23.5 Å². The fraction of sp³-hybridized carbons (Fsp3) is 0.316. The zero-order valence-electron chi connectivity index (χ0n) is 16.9. The van der Waals surface area contributed by atoms with Gasteiger partial charge in [0.2, 0.25) is 5.10 Å². The Labute approximate surface area is 188 Å². The lowest BCUT2D eigenvalue weighted by Gasteiger charge is -2.16. The molecule has 0 aliphatic carbocycles. The molecule has 0 saturated carbocycles. The highest BCUT2D eigenvalue weighted by molar-refractivity contribution is 7.13. The molecule has 0 amide bonds. The second kappa shape index (κ2) is 9.05. The first-order chi connectivity index (χ1) is 15.7. The number of ether oxygens (including phenoxy) is 1. The van der Waals surface area contributed by atoms with E-state index in [-0.39, 0.29) is 48.7 Å². The molecule has 1 aliphatic rings. The minimum Gasteiger partial charge on any atom is -0.739 e. The van der Waals surface area contributed by atoms with Crippen molar-refractivity contribution in [2.45, 2.75) is 19.0 Å². The lowest BCUT2D eigenvalue weighted by molar-refractivity contribution is -0.672. The lowest BCUT2D eigenvalue weighted by Crippen LogP contribution is -2.44. The normalized spacial score (nSPS) is 13.9. The molecule has 2 aromatic heterocycles. The van der Waals surface area contributed by atoms with Crippen molar-refractivity contribution in [1.29, 1.82) is 0 Å². The van der Waals surface area contributed by atoms with Crippen LogP contribution in [0.3, 0.4) is 0 Å². The fourth-order valence-electron chi connectivity index (χ4n) is 3.25. The molecule has 1 aliphatic heterocycles. The van der Waals surface area contributed by atoms with Gasteiger partial charge in [0.25, 0.3) is 5.52 Å². The molecule has 3 heterocycles. The number of anilines is 1. The Kier molecular flexibility index (Phi) is 6.18. The van der Waals surface area contributed by atoms with E-state index in [1.807, 2.05) is 0 Å². The molecule has 174 valence electrons. The number of alkyl halides is 3. The monoisotopic (exact) mass is 482 g/mol. The molecule has 33 heavy (non-hydrogen) atoms. The molecule has 0 atom stereocenters. The SMILES string of the molecule is O=C(CCNc1n[n+]([O-])c2cc(-c3cncs3)ccc2[n+]1[O-])OC1=CN(CC(F)(F)F)CC1. The molecule has 3 aromatic rings. The van der Waals surface area contributed by atoms with E-state index >= 15 is 0 Å². The predicted octanol–water partition coefficient (Wildman–Crippen LogP) is 2.08. The van der Waals surface area contributed by atoms with Gasteiger partial charge in [0.1, 0.15) is 12.3 Å². The highest BCUT2D eigenvalue weighted by atomic mass is 32.1. The van der Waals surface area contributed by atoms with Crippen molar-refractivity contribution < 1.29 is 32.3 Å². The van der Waals surface area contributed by atoms with Crippen LogP contribution in [0.4, 0.5) is 19.1 Å². The molecule has 14 heteroatoms. The third-order valence-corrected chi connectivity index (χ3v) is 5.53. The van der Waals surface area contributed by atoms with Gasteiger partial charge in [-0.2, -0.15) is 13.2 Å². The zero-order valence-corrected chi connectivity index (χ0v) is 17.7.